The van der Waals surface area contributed by atoms with E-state index in [9.17, 15) is 13.2 Å². The van der Waals surface area contributed by atoms with Gasteiger partial charge in [-0.3, -0.25) is 0 Å². The lowest BCUT2D eigenvalue weighted by molar-refractivity contribution is -0.884. The van der Waals surface area contributed by atoms with E-state index in [1.165, 1.54) is 5.56 Å². The van der Waals surface area contributed by atoms with Crippen LogP contribution in [0.25, 0.3) is 0 Å². The van der Waals surface area contributed by atoms with Gasteiger partial charge in [-0.05, 0) is 0 Å². The van der Waals surface area contributed by atoms with Crippen molar-refractivity contribution in [1.29, 1.82) is 0 Å². The highest BCUT2D eigenvalue weighted by molar-refractivity contribution is 7.86. The van der Waals surface area contributed by atoms with Gasteiger partial charge in [0.1, 0.15) is 6.54 Å². The topological polar surface area (TPSA) is 57.2 Å². The second kappa shape index (κ2) is 6.36. The van der Waals surface area contributed by atoms with Crippen molar-refractivity contribution in [3.63, 3.8) is 0 Å². The third kappa shape index (κ3) is 8.57. The maximum atomic E-state index is 10.7. The molecule has 110 valence electrons. The number of hydrogen-bond acceptors (Lipinski definition) is 3. The lowest BCUT2D eigenvalue weighted by atomic mass is 10.2. The van der Waals surface area contributed by atoms with Crippen LogP contribution in [0.4, 0.5) is 13.2 Å². The van der Waals surface area contributed by atoms with E-state index in [1.54, 1.807) is 0 Å². The van der Waals surface area contributed by atoms with Gasteiger partial charge in [-0.1, -0.05) is 30.3 Å². The van der Waals surface area contributed by atoms with E-state index in [2.05, 4.69) is 51.5 Å². The monoisotopic (exact) mass is 299 g/mol. The molecule has 0 aliphatic carbocycles. The molecule has 0 saturated carbocycles. The summed E-state index contributed by atoms with van der Waals surface area (Å²) in [7, 11) is 0.514. The van der Waals surface area contributed by atoms with Crippen LogP contribution in [0.3, 0.4) is 0 Å². The van der Waals surface area contributed by atoms with Crippen LogP contribution in [-0.4, -0.2) is 44.1 Å². The first kappa shape index (κ1) is 17.9. The lowest BCUT2D eigenvalue weighted by Crippen LogP contribution is -2.33. The van der Waals surface area contributed by atoms with Crippen molar-refractivity contribution in [1.82, 2.24) is 0 Å². The van der Waals surface area contributed by atoms with Gasteiger partial charge in [0.2, 0.25) is 0 Å². The molecule has 0 unspecified atom stereocenters. The third-order valence-electron chi connectivity index (χ3n) is 1.78. The quantitative estimate of drug-likeness (QED) is 0.476. The van der Waals surface area contributed by atoms with Gasteiger partial charge >= 0.3 is 5.51 Å². The molecular formula is C11H16F3NO3S. The van der Waals surface area contributed by atoms with Crippen molar-refractivity contribution in [2.45, 2.75) is 12.1 Å². The van der Waals surface area contributed by atoms with Gasteiger partial charge in [0.15, 0.2) is 10.1 Å². The van der Waals surface area contributed by atoms with Crippen LogP contribution >= 0.6 is 0 Å². The molecule has 0 spiro atoms. The Morgan fingerprint density at radius 1 is 1.11 bits per heavy atom. The Balaban J connectivity index is 0.000000362. The van der Waals surface area contributed by atoms with Crippen LogP contribution in [-0.2, 0) is 16.7 Å². The van der Waals surface area contributed by atoms with Gasteiger partial charge in [0.05, 0.1) is 21.1 Å². The van der Waals surface area contributed by atoms with Gasteiger partial charge in [-0.15, -0.1) is 0 Å². The molecule has 0 aliphatic heterocycles. The number of alkyl halides is 3. The number of rotatable bonds is 2. The Bertz CT molecular complexity index is 478. The van der Waals surface area contributed by atoms with E-state index < -0.39 is 15.6 Å². The summed E-state index contributed by atoms with van der Waals surface area (Å²) in [5.74, 6) is 0. The van der Waals surface area contributed by atoms with Crippen molar-refractivity contribution < 1.29 is 30.6 Å². The van der Waals surface area contributed by atoms with E-state index in [4.69, 9.17) is 13.0 Å². The van der Waals surface area contributed by atoms with E-state index in [-0.39, 0.29) is 0 Å². The molecule has 0 amide bonds. The summed E-state index contributed by atoms with van der Waals surface area (Å²) in [6.07, 6.45) is 0. The van der Waals surface area contributed by atoms with Crippen LogP contribution < -0.4 is 0 Å². The normalized spacial score (nSPS) is 12.6. The molecule has 0 atom stereocenters. The lowest BCUT2D eigenvalue weighted by Gasteiger charge is -2.23. The minimum atomic E-state index is -6.09. The van der Waals surface area contributed by atoms with Gasteiger partial charge < -0.3 is 9.04 Å². The molecule has 0 aliphatic rings. The first-order chi connectivity index (χ1) is 8.33. The molecule has 1 aromatic rings. The molecule has 1 aromatic carbocycles. The fraction of sp³-hybridized carbons (Fsp3) is 0.455. The van der Waals surface area contributed by atoms with Crippen LogP contribution in [0, 0.1) is 0 Å². The number of halogens is 3. The Morgan fingerprint density at radius 3 is 1.74 bits per heavy atom. The van der Waals surface area contributed by atoms with Crippen LogP contribution in [0.1, 0.15) is 5.56 Å². The fourth-order valence-corrected chi connectivity index (χ4v) is 1.13. The molecule has 0 heterocycles. The molecular weight excluding hydrogens is 283 g/mol. The summed E-state index contributed by atoms with van der Waals surface area (Å²) in [6, 6.07) is 10.6. The van der Waals surface area contributed by atoms with E-state index in [0.717, 1.165) is 11.0 Å². The molecule has 0 fully saturated rings. The molecule has 0 N–H and O–H groups in total. The molecule has 0 aromatic heterocycles. The predicted octanol–water partition coefficient (Wildman–Crippen LogP) is 1.94. The molecule has 4 nitrogen and oxygen atoms in total. The number of hydrogen-bond donors (Lipinski definition) is 0. The van der Waals surface area contributed by atoms with Crippen molar-refractivity contribution in [2.75, 3.05) is 21.1 Å². The molecule has 8 heteroatoms. The largest absolute Gasteiger partial charge is 0.741 e. The summed E-state index contributed by atoms with van der Waals surface area (Å²) in [6.45, 7) is 1.10. The Hall–Kier alpha value is -1.12. The van der Waals surface area contributed by atoms with E-state index in [0.29, 0.717) is 0 Å². The van der Waals surface area contributed by atoms with Crippen LogP contribution in [0.15, 0.2) is 30.3 Å². The van der Waals surface area contributed by atoms with E-state index >= 15 is 0 Å². The maximum Gasteiger partial charge on any atom is 0.485 e. The molecule has 0 bridgehead atoms. The molecule has 0 radical (unpaired) electrons. The third-order valence-corrected chi connectivity index (χ3v) is 2.35. The average Bonchev–Trinajstić information content (AvgIpc) is 2.14. The van der Waals surface area contributed by atoms with Gasteiger partial charge in [0.25, 0.3) is 0 Å². The van der Waals surface area contributed by atoms with Crippen molar-refractivity contribution >= 4 is 10.1 Å². The number of quaternary nitrogens is 1. The number of nitrogens with zero attached hydrogens (tertiary/aromatic N) is 1. The predicted molar refractivity (Wildman–Crippen MR) is 63.9 cm³/mol. The van der Waals surface area contributed by atoms with Gasteiger partial charge in [-0.25, -0.2) is 8.42 Å². The van der Waals surface area contributed by atoms with Gasteiger partial charge in [-0.2, -0.15) is 13.2 Å². The first-order valence-electron chi connectivity index (χ1n) is 5.19. The second-order valence-corrected chi connectivity index (χ2v) is 6.21. The first-order valence-corrected chi connectivity index (χ1v) is 6.60. The van der Waals surface area contributed by atoms with Gasteiger partial charge in [0, 0.05) is 5.56 Å². The summed E-state index contributed by atoms with van der Waals surface area (Å²) in [5.41, 5.74) is -4.24. The number of benzene rings is 1. The molecule has 19 heavy (non-hydrogen) atoms. The molecule has 0 saturated heterocycles. The minimum absolute atomic E-state index is 0.990. The van der Waals surface area contributed by atoms with Crippen molar-refractivity contribution in [3.8, 4) is 0 Å². The van der Waals surface area contributed by atoms with Crippen LogP contribution in [0.2, 0.25) is 0 Å². The smallest absolute Gasteiger partial charge is 0.485 e. The van der Waals surface area contributed by atoms with Crippen molar-refractivity contribution in [3.05, 3.63) is 35.9 Å². The standard InChI is InChI=1S/C10H16N.CHF3O3S/c1-11(2,3)9-10-7-5-4-6-8-10;2-1(3,4)8(5,6)7/h4-8H,9H2,1-3H3;(H,5,6,7)/q+1;/p-1. The fourth-order valence-electron chi connectivity index (χ4n) is 1.13. The second-order valence-electron chi connectivity index (χ2n) is 4.83. The summed E-state index contributed by atoms with van der Waals surface area (Å²) in [5, 5.41) is 0. The maximum absolute atomic E-state index is 10.7. The van der Waals surface area contributed by atoms with Crippen molar-refractivity contribution in [2.24, 2.45) is 0 Å². The average molecular weight is 299 g/mol. The highest BCUT2D eigenvalue weighted by Gasteiger charge is 2.36. The zero-order valence-corrected chi connectivity index (χ0v) is 11.6. The Morgan fingerprint density at radius 2 is 1.47 bits per heavy atom. The SMILES string of the molecule is C[N+](C)(C)Cc1ccccc1.O=S(=O)([O-])C(F)(F)F. The summed E-state index contributed by atoms with van der Waals surface area (Å²) < 4.78 is 59.9. The molecule has 1 rings (SSSR count). The summed E-state index contributed by atoms with van der Waals surface area (Å²) in [4.78, 5) is 0. The highest BCUT2D eigenvalue weighted by Crippen LogP contribution is 2.20. The van der Waals surface area contributed by atoms with Crippen LogP contribution in [0.5, 0.6) is 0 Å². The Labute approximate surface area is 110 Å². The highest BCUT2D eigenvalue weighted by atomic mass is 32.2. The summed E-state index contributed by atoms with van der Waals surface area (Å²) >= 11 is 0. The Kier molecular flexibility index (Phi) is 5.98. The zero-order valence-electron chi connectivity index (χ0n) is 10.8. The van der Waals surface area contributed by atoms with E-state index in [1.807, 2.05) is 0 Å². The minimum Gasteiger partial charge on any atom is -0.741 e. The zero-order chi connectivity index (χ0) is 15.3.